The van der Waals surface area contributed by atoms with Gasteiger partial charge in [0.25, 0.3) is 0 Å². The lowest BCUT2D eigenvalue weighted by Gasteiger charge is -1.96. The van der Waals surface area contributed by atoms with E-state index >= 15 is 0 Å². The van der Waals surface area contributed by atoms with Crippen molar-refractivity contribution in [3.63, 3.8) is 0 Å². The third kappa shape index (κ3) is 2.11. The first-order valence-electron chi connectivity index (χ1n) is 4.63. The minimum Gasteiger partial charge on any atom is -0.444 e. The van der Waals surface area contributed by atoms with Gasteiger partial charge in [0.2, 0.25) is 5.89 Å². The van der Waals surface area contributed by atoms with Gasteiger partial charge in [-0.15, -0.1) is 0 Å². The molecule has 0 saturated heterocycles. The molecule has 2 rings (SSSR count). The predicted molar refractivity (Wildman–Crippen MR) is 62.3 cm³/mol. The second-order valence-corrected chi connectivity index (χ2v) is 4.14. The van der Waals surface area contributed by atoms with Crippen molar-refractivity contribution in [1.29, 1.82) is 0 Å². The quantitative estimate of drug-likeness (QED) is 0.910. The van der Waals surface area contributed by atoms with Crippen LogP contribution in [-0.4, -0.2) is 4.98 Å². The molecule has 0 unspecified atom stereocenters. The molecule has 0 radical (unpaired) electrons. The second-order valence-electron chi connectivity index (χ2n) is 3.22. The number of aryl methyl sites for hydroxylation is 1. The van der Waals surface area contributed by atoms with Gasteiger partial charge in [-0.25, -0.2) is 4.98 Å². The number of nitrogens with zero attached hydrogens (tertiary/aromatic N) is 1. The van der Waals surface area contributed by atoms with Crippen LogP contribution in [0.2, 0.25) is 0 Å². The van der Waals surface area contributed by atoms with Gasteiger partial charge < -0.3 is 10.2 Å². The monoisotopic (exact) mass is 266 g/mol. The van der Waals surface area contributed by atoms with E-state index in [9.17, 15) is 0 Å². The summed E-state index contributed by atoms with van der Waals surface area (Å²) in [4.78, 5) is 4.32. The van der Waals surface area contributed by atoms with Crippen LogP contribution in [0, 0.1) is 6.92 Å². The Morgan fingerprint density at radius 2 is 2.00 bits per heavy atom. The molecule has 2 N–H and O–H groups in total. The Hall–Kier alpha value is -1.13. The molecule has 0 fully saturated rings. The maximum atomic E-state index is 5.47. The van der Waals surface area contributed by atoms with E-state index < -0.39 is 0 Å². The summed E-state index contributed by atoms with van der Waals surface area (Å²) >= 11 is 3.39. The molecule has 3 nitrogen and oxygen atoms in total. The zero-order valence-corrected chi connectivity index (χ0v) is 9.91. The highest BCUT2D eigenvalue weighted by atomic mass is 79.9. The SMILES string of the molecule is Cc1oc(CN)nc1-c1ccc(Br)cc1. The molecule has 0 spiro atoms. The van der Waals surface area contributed by atoms with Crippen LogP contribution in [0.1, 0.15) is 11.7 Å². The van der Waals surface area contributed by atoms with Crippen molar-refractivity contribution >= 4 is 15.9 Å². The molecule has 0 saturated carbocycles. The fourth-order valence-electron chi connectivity index (χ4n) is 1.41. The first kappa shape index (κ1) is 10.4. The van der Waals surface area contributed by atoms with Crippen LogP contribution in [0.25, 0.3) is 11.3 Å². The highest BCUT2D eigenvalue weighted by Crippen LogP contribution is 2.24. The smallest absolute Gasteiger partial charge is 0.208 e. The summed E-state index contributed by atoms with van der Waals surface area (Å²) in [5, 5.41) is 0. The highest BCUT2D eigenvalue weighted by Gasteiger charge is 2.09. The third-order valence-electron chi connectivity index (χ3n) is 2.13. The molecule has 78 valence electrons. The summed E-state index contributed by atoms with van der Waals surface area (Å²) in [5.41, 5.74) is 7.38. The molecule has 0 aliphatic rings. The van der Waals surface area contributed by atoms with Crippen molar-refractivity contribution < 1.29 is 4.42 Å². The fourth-order valence-corrected chi connectivity index (χ4v) is 1.68. The van der Waals surface area contributed by atoms with Crippen LogP contribution in [0.5, 0.6) is 0 Å². The first-order valence-corrected chi connectivity index (χ1v) is 5.42. The van der Waals surface area contributed by atoms with E-state index in [4.69, 9.17) is 10.2 Å². The molecule has 0 bridgehead atoms. The molecule has 0 amide bonds. The zero-order valence-electron chi connectivity index (χ0n) is 8.33. The van der Waals surface area contributed by atoms with Crippen LogP contribution in [-0.2, 0) is 6.54 Å². The largest absolute Gasteiger partial charge is 0.444 e. The molecule has 1 heterocycles. The van der Waals surface area contributed by atoms with E-state index in [-0.39, 0.29) is 0 Å². The Morgan fingerprint density at radius 1 is 1.33 bits per heavy atom. The number of aromatic nitrogens is 1. The van der Waals surface area contributed by atoms with Crippen LogP contribution < -0.4 is 5.73 Å². The van der Waals surface area contributed by atoms with E-state index in [0.29, 0.717) is 12.4 Å². The van der Waals surface area contributed by atoms with E-state index in [2.05, 4.69) is 20.9 Å². The summed E-state index contributed by atoms with van der Waals surface area (Å²) in [6.45, 7) is 2.22. The lowest BCUT2D eigenvalue weighted by atomic mass is 10.1. The molecule has 0 aliphatic carbocycles. The Kier molecular flexibility index (Phi) is 2.88. The van der Waals surface area contributed by atoms with Crippen LogP contribution >= 0.6 is 15.9 Å². The minimum atomic E-state index is 0.331. The number of benzene rings is 1. The summed E-state index contributed by atoms with van der Waals surface area (Å²) in [5.74, 6) is 1.38. The average molecular weight is 267 g/mol. The molecule has 1 aromatic heterocycles. The molecular formula is C11H11BrN2O. The zero-order chi connectivity index (χ0) is 10.8. The molecule has 15 heavy (non-hydrogen) atoms. The number of hydrogen-bond acceptors (Lipinski definition) is 3. The van der Waals surface area contributed by atoms with E-state index in [1.165, 1.54) is 0 Å². The number of nitrogens with two attached hydrogens (primary N) is 1. The summed E-state index contributed by atoms with van der Waals surface area (Å²) < 4.78 is 6.45. The Labute approximate surface area is 96.4 Å². The first-order chi connectivity index (χ1) is 7.20. The summed E-state index contributed by atoms with van der Waals surface area (Å²) in [6.07, 6.45) is 0. The van der Waals surface area contributed by atoms with E-state index in [1.807, 2.05) is 31.2 Å². The lowest BCUT2D eigenvalue weighted by molar-refractivity contribution is 0.474. The Morgan fingerprint density at radius 3 is 2.53 bits per heavy atom. The van der Waals surface area contributed by atoms with Crippen LogP contribution in [0.3, 0.4) is 0 Å². The van der Waals surface area contributed by atoms with E-state index in [0.717, 1.165) is 21.5 Å². The predicted octanol–water partition coefficient (Wildman–Crippen LogP) is 2.87. The Bertz CT molecular complexity index is 462. The lowest BCUT2D eigenvalue weighted by Crippen LogP contribution is -1.95. The summed E-state index contributed by atoms with van der Waals surface area (Å²) in [6, 6.07) is 7.95. The molecule has 0 atom stereocenters. The standard InChI is InChI=1S/C11H11BrN2O/c1-7-11(14-10(6-13)15-7)8-2-4-9(12)5-3-8/h2-5H,6,13H2,1H3. The maximum Gasteiger partial charge on any atom is 0.208 e. The summed E-state index contributed by atoms with van der Waals surface area (Å²) in [7, 11) is 0. The van der Waals surface area contributed by atoms with Crippen molar-refractivity contribution in [3.8, 4) is 11.3 Å². The number of rotatable bonds is 2. The van der Waals surface area contributed by atoms with Crippen molar-refractivity contribution in [3.05, 3.63) is 40.4 Å². The maximum absolute atomic E-state index is 5.47. The van der Waals surface area contributed by atoms with Gasteiger partial charge in [-0.3, -0.25) is 0 Å². The van der Waals surface area contributed by atoms with Gasteiger partial charge in [0, 0.05) is 10.0 Å². The molecule has 1 aromatic carbocycles. The van der Waals surface area contributed by atoms with Gasteiger partial charge in [0.1, 0.15) is 11.5 Å². The van der Waals surface area contributed by atoms with Crippen molar-refractivity contribution in [2.45, 2.75) is 13.5 Å². The average Bonchev–Trinajstić information content (AvgIpc) is 2.61. The van der Waals surface area contributed by atoms with Crippen LogP contribution in [0.4, 0.5) is 0 Å². The van der Waals surface area contributed by atoms with Crippen LogP contribution in [0.15, 0.2) is 33.2 Å². The number of halogens is 1. The molecular weight excluding hydrogens is 256 g/mol. The fraction of sp³-hybridized carbons (Fsp3) is 0.182. The highest BCUT2D eigenvalue weighted by molar-refractivity contribution is 9.10. The van der Waals surface area contributed by atoms with Gasteiger partial charge in [-0.1, -0.05) is 28.1 Å². The second kappa shape index (κ2) is 4.16. The number of oxazole rings is 1. The minimum absolute atomic E-state index is 0.331. The van der Waals surface area contributed by atoms with E-state index in [1.54, 1.807) is 0 Å². The molecule has 0 aliphatic heterocycles. The molecule has 2 aromatic rings. The van der Waals surface area contributed by atoms with Gasteiger partial charge in [0.15, 0.2) is 0 Å². The Balaban J connectivity index is 2.44. The molecule has 4 heteroatoms. The van der Waals surface area contributed by atoms with Crippen molar-refractivity contribution in [2.24, 2.45) is 5.73 Å². The number of hydrogen-bond donors (Lipinski definition) is 1. The van der Waals surface area contributed by atoms with Gasteiger partial charge >= 0.3 is 0 Å². The van der Waals surface area contributed by atoms with Crippen molar-refractivity contribution in [2.75, 3.05) is 0 Å². The topological polar surface area (TPSA) is 52.0 Å². The third-order valence-corrected chi connectivity index (χ3v) is 2.66. The normalized spacial score (nSPS) is 10.6. The van der Waals surface area contributed by atoms with Gasteiger partial charge in [-0.2, -0.15) is 0 Å². The van der Waals surface area contributed by atoms with Gasteiger partial charge in [-0.05, 0) is 19.1 Å². The van der Waals surface area contributed by atoms with Crippen molar-refractivity contribution in [1.82, 2.24) is 4.98 Å². The van der Waals surface area contributed by atoms with Gasteiger partial charge in [0.05, 0.1) is 6.54 Å².